The van der Waals surface area contributed by atoms with E-state index in [1.807, 2.05) is 18.3 Å². The van der Waals surface area contributed by atoms with Gasteiger partial charge in [-0.2, -0.15) is 16.7 Å². The van der Waals surface area contributed by atoms with E-state index in [-0.39, 0.29) is 31.9 Å². The molecule has 0 aliphatic carbocycles. The molecule has 5 nitrogen and oxygen atoms in total. The van der Waals surface area contributed by atoms with Crippen molar-refractivity contribution in [2.75, 3.05) is 0 Å². The molecule has 0 bridgehead atoms. The Hall–Kier alpha value is -5.32. The van der Waals surface area contributed by atoms with Crippen LogP contribution in [-0.4, -0.2) is 9.55 Å². The Morgan fingerprint density at radius 2 is 1.29 bits per heavy atom. The van der Waals surface area contributed by atoms with Gasteiger partial charge in [0.2, 0.25) is 11.4 Å². The van der Waals surface area contributed by atoms with Crippen LogP contribution in [0, 0.1) is 18.8 Å². The van der Waals surface area contributed by atoms with Crippen LogP contribution in [-0.2, 0) is 31.9 Å². The fraction of sp³-hybridized carbons (Fsp3) is 0.160. The monoisotopic (exact) mass is 910 g/mol. The Morgan fingerprint density at radius 1 is 0.607 bits per heavy atom. The van der Waals surface area contributed by atoms with Gasteiger partial charge in [-0.3, -0.25) is 0 Å². The number of aromatic nitrogens is 2. The minimum atomic E-state index is -0.0514. The number of quaternary nitrogens is 2. The number of hydrogen-bond donors (Lipinski definition) is 0. The van der Waals surface area contributed by atoms with Crippen molar-refractivity contribution in [2.45, 2.75) is 52.4 Å². The molecule has 280 valence electrons. The maximum atomic E-state index is 6.68. The molecule has 1 fully saturated rings. The van der Waals surface area contributed by atoms with E-state index in [0.29, 0.717) is 20.7 Å². The minimum absolute atomic E-state index is 0. The molecule has 0 spiro atoms. The second-order valence-electron chi connectivity index (χ2n) is 16.9. The van der Waals surface area contributed by atoms with Crippen molar-refractivity contribution in [3.63, 3.8) is 0 Å². The molecule has 6 heteroatoms. The molecule has 2 aliphatic rings. The third-order valence-electron chi connectivity index (χ3n) is 11.4. The van der Waals surface area contributed by atoms with Crippen LogP contribution >= 0.6 is 0 Å². The number of rotatable bonds is 6. The van der Waals surface area contributed by atoms with Crippen molar-refractivity contribution in [1.29, 1.82) is 0 Å². The number of benzene rings is 6. The number of nitrogens with zero attached hydrogens (tertiary/aromatic N) is 4. The van der Waals surface area contributed by atoms with Crippen LogP contribution in [0.15, 0.2) is 146 Å². The number of pyridine rings is 1. The van der Waals surface area contributed by atoms with Crippen LogP contribution in [0.25, 0.3) is 38.8 Å². The van der Waals surface area contributed by atoms with Crippen molar-refractivity contribution >= 4 is 44.6 Å². The maximum absolute atomic E-state index is 6.68. The van der Waals surface area contributed by atoms with Crippen LogP contribution in [0.2, 0.25) is 0 Å². The normalized spacial score (nSPS) is 18.5. The van der Waals surface area contributed by atoms with Crippen LogP contribution < -0.4 is 13.9 Å². The zero-order valence-electron chi connectivity index (χ0n) is 32.4. The maximum Gasteiger partial charge on any atom is 0.225 e. The summed E-state index contributed by atoms with van der Waals surface area (Å²) in [4.78, 5) is 4.85. The standard InChI is InChI=1S/C50H43N4O.Pt/c1-49(2,3)35-28-29-51-47(30-35)52-42-22-11-10-20-39(42)40-27-26-38(32-43(40)52)55-37-19-14-18-36(31-37)53-33-54(53,45-24-13-12-23-44(45)53)46-25-15-21-41(50(4,5)6)48(46)34-16-8-7-9-17-34;/h7-30,33H,1-6H3;/q-1;/t53?,54-;/m1./s1. The Labute approximate surface area is 343 Å². The fourth-order valence-electron chi connectivity index (χ4n) is 8.75. The summed E-state index contributed by atoms with van der Waals surface area (Å²) in [7, 11) is 0. The summed E-state index contributed by atoms with van der Waals surface area (Å²) in [5.74, 6) is 2.13. The number of fused-ring (bicyclic) bond motifs is 7. The molecule has 2 aliphatic heterocycles. The summed E-state index contributed by atoms with van der Waals surface area (Å²) in [5, 5.41) is 2.26. The van der Waals surface area contributed by atoms with Gasteiger partial charge in [0.1, 0.15) is 5.82 Å². The number of hydrogen-bond acceptors (Lipinski definition) is 2. The molecule has 1 unspecified atom stereocenters. The van der Waals surface area contributed by atoms with Crippen molar-refractivity contribution in [1.82, 2.24) is 18.7 Å². The van der Waals surface area contributed by atoms with Crippen LogP contribution in [0.4, 0.5) is 22.7 Å². The molecule has 10 rings (SSSR count). The van der Waals surface area contributed by atoms with Crippen molar-refractivity contribution < 1.29 is 25.8 Å². The first-order valence-electron chi connectivity index (χ1n) is 19.1. The van der Waals surface area contributed by atoms with E-state index in [1.54, 1.807) is 0 Å². The van der Waals surface area contributed by atoms with E-state index < -0.39 is 0 Å². The summed E-state index contributed by atoms with van der Waals surface area (Å²) in [5.41, 5.74) is 11.8. The van der Waals surface area contributed by atoms with Gasteiger partial charge < -0.3 is 9.30 Å². The average molecular weight is 911 g/mol. The molecule has 0 saturated carbocycles. The fourth-order valence-corrected chi connectivity index (χ4v) is 8.75. The van der Waals surface area contributed by atoms with Gasteiger partial charge in [-0.1, -0.05) is 126 Å². The molecule has 1 saturated heterocycles. The average Bonchev–Trinajstić information content (AvgIpc) is 3.67. The first kappa shape index (κ1) is 36.3. The van der Waals surface area contributed by atoms with Gasteiger partial charge in [0.15, 0.2) is 12.4 Å². The van der Waals surface area contributed by atoms with E-state index in [0.717, 1.165) is 33.3 Å². The summed E-state index contributed by atoms with van der Waals surface area (Å²) in [6.45, 7) is 16.0. The first-order chi connectivity index (χ1) is 26.5. The number of ether oxygens (including phenoxy) is 1. The van der Waals surface area contributed by atoms with Crippen molar-refractivity contribution in [3.8, 4) is 28.4 Å². The Morgan fingerprint density at radius 3 is 2.05 bits per heavy atom. The second-order valence-corrected chi connectivity index (χ2v) is 16.9. The van der Waals surface area contributed by atoms with Crippen LogP contribution in [0.5, 0.6) is 11.5 Å². The number of para-hydroxylation sites is 3. The van der Waals surface area contributed by atoms with Gasteiger partial charge >= 0.3 is 0 Å². The van der Waals surface area contributed by atoms with Crippen molar-refractivity contribution in [2.24, 2.45) is 0 Å². The zero-order valence-corrected chi connectivity index (χ0v) is 34.7. The van der Waals surface area contributed by atoms with Gasteiger partial charge in [0.25, 0.3) is 0 Å². The molecular weight excluding hydrogens is 868 g/mol. The Kier molecular flexibility index (Phi) is 8.34. The van der Waals surface area contributed by atoms with Gasteiger partial charge in [0, 0.05) is 68.0 Å². The quantitative estimate of drug-likeness (QED) is 0.0944. The SMILES string of the molecule is CC(C)(C)c1ccnc(-n2c3[c-]c(Oc4[c-]c([N+]56[CH-][N@+]5(c5cccc(C(C)(C)C)c5-c5ccccc5)c5ccccc56)ccc4)ccc3c3ccccc32)c1.[Pt]. The van der Waals surface area contributed by atoms with Gasteiger partial charge in [-0.25, -0.2) is 9.58 Å². The third-order valence-corrected chi connectivity index (χ3v) is 11.4. The topological polar surface area (TPSA) is 27.1 Å². The second kappa shape index (κ2) is 12.9. The molecule has 2 aromatic heterocycles. The third kappa shape index (κ3) is 5.29. The van der Waals surface area contributed by atoms with E-state index in [2.05, 4.69) is 192 Å². The minimum Gasteiger partial charge on any atom is -0.509 e. The molecular formula is C50H43N4OPt-. The Bertz CT molecular complexity index is 2810. The predicted octanol–water partition coefficient (Wildman–Crippen LogP) is 13.2. The van der Waals surface area contributed by atoms with E-state index >= 15 is 0 Å². The van der Waals surface area contributed by atoms with Gasteiger partial charge in [-0.15, -0.1) is 29.7 Å². The summed E-state index contributed by atoms with van der Waals surface area (Å²) < 4.78 is 10.0. The summed E-state index contributed by atoms with van der Waals surface area (Å²) in [6.07, 6.45) is 1.91. The van der Waals surface area contributed by atoms with E-state index in [1.165, 1.54) is 39.3 Å². The molecule has 0 amide bonds. The molecule has 4 heterocycles. The molecule has 2 atom stereocenters. The largest absolute Gasteiger partial charge is 0.509 e. The predicted molar refractivity (Wildman–Crippen MR) is 226 cm³/mol. The van der Waals surface area contributed by atoms with E-state index in [4.69, 9.17) is 9.72 Å². The van der Waals surface area contributed by atoms with Crippen LogP contribution in [0.1, 0.15) is 52.7 Å². The zero-order chi connectivity index (χ0) is 37.7. The Balaban J connectivity index is 0.00000410. The first-order valence-corrected chi connectivity index (χ1v) is 19.1. The van der Waals surface area contributed by atoms with Crippen LogP contribution in [0.3, 0.4) is 0 Å². The molecule has 56 heavy (non-hydrogen) atoms. The summed E-state index contributed by atoms with van der Waals surface area (Å²) in [6, 6.07) is 57.0. The van der Waals surface area contributed by atoms with E-state index in [9.17, 15) is 0 Å². The van der Waals surface area contributed by atoms with Crippen molar-refractivity contribution in [3.05, 3.63) is 176 Å². The van der Waals surface area contributed by atoms with Gasteiger partial charge in [0.05, 0.1) is 5.69 Å². The molecule has 0 N–H and O–H groups in total. The molecule has 6 aromatic carbocycles. The summed E-state index contributed by atoms with van der Waals surface area (Å²) >= 11 is 0. The molecule has 8 aromatic rings. The smallest absolute Gasteiger partial charge is 0.225 e. The van der Waals surface area contributed by atoms with Gasteiger partial charge in [-0.05, 0) is 51.1 Å². The molecule has 0 radical (unpaired) electrons.